The molecule has 3 rings (SSSR count). The standard InChI is InChI=1S/C22H21F2NO3/c1-14(16-5-6-18-12-20(27-2)10-7-17(18)11-16)21(26)25-13-15-3-8-19(9-4-15)28-22(23)24/h3-12,14,22H,13H2,1-2H3,(H,25,26)/t14-/m1/s1. The van der Waals surface area contributed by atoms with E-state index in [1.54, 1.807) is 19.2 Å². The number of amides is 1. The van der Waals surface area contributed by atoms with Gasteiger partial charge in [-0.05, 0) is 53.1 Å². The maximum atomic E-state index is 12.5. The summed E-state index contributed by atoms with van der Waals surface area (Å²) in [7, 11) is 1.63. The second-order valence-electron chi connectivity index (χ2n) is 6.43. The van der Waals surface area contributed by atoms with Crippen molar-refractivity contribution in [1.29, 1.82) is 0 Å². The van der Waals surface area contributed by atoms with E-state index in [4.69, 9.17) is 4.74 Å². The Balaban J connectivity index is 1.63. The van der Waals surface area contributed by atoms with Crippen LogP contribution < -0.4 is 14.8 Å². The van der Waals surface area contributed by atoms with E-state index < -0.39 is 6.61 Å². The van der Waals surface area contributed by atoms with Gasteiger partial charge in [0.1, 0.15) is 11.5 Å². The smallest absolute Gasteiger partial charge is 0.387 e. The molecular weight excluding hydrogens is 364 g/mol. The summed E-state index contributed by atoms with van der Waals surface area (Å²) < 4.78 is 33.9. The molecule has 0 fully saturated rings. The van der Waals surface area contributed by atoms with Crippen molar-refractivity contribution in [3.8, 4) is 11.5 Å². The maximum Gasteiger partial charge on any atom is 0.387 e. The lowest BCUT2D eigenvalue weighted by atomic mass is 9.97. The van der Waals surface area contributed by atoms with Crippen LogP contribution in [0.1, 0.15) is 24.0 Å². The predicted octanol–water partition coefficient (Wildman–Crippen LogP) is 4.87. The summed E-state index contributed by atoms with van der Waals surface area (Å²) in [5.41, 5.74) is 1.71. The molecule has 146 valence electrons. The van der Waals surface area contributed by atoms with Gasteiger partial charge in [0, 0.05) is 6.54 Å². The number of alkyl halides is 2. The quantitative estimate of drug-likeness (QED) is 0.631. The lowest BCUT2D eigenvalue weighted by Gasteiger charge is -2.14. The molecule has 0 aliphatic carbocycles. The third kappa shape index (κ3) is 4.76. The molecule has 3 aromatic rings. The third-order valence-corrected chi connectivity index (χ3v) is 4.58. The number of carbonyl (C=O) groups is 1. The fourth-order valence-electron chi connectivity index (χ4n) is 2.92. The average molecular weight is 385 g/mol. The number of fused-ring (bicyclic) bond motifs is 1. The summed E-state index contributed by atoms with van der Waals surface area (Å²) in [6.45, 7) is -0.697. The van der Waals surface area contributed by atoms with E-state index in [1.165, 1.54) is 12.1 Å². The van der Waals surface area contributed by atoms with Crippen LogP contribution in [0.4, 0.5) is 8.78 Å². The Hall–Kier alpha value is -3.15. The molecule has 0 aliphatic rings. The van der Waals surface area contributed by atoms with Crippen LogP contribution in [0, 0.1) is 0 Å². The second kappa shape index (κ2) is 8.69. The van der Waals surface area contributed by atoms with Crippen molar-refractivity contribution in [2.24, 2.45) is 0 Å². The molecule has 28 heavy (non-hydrogen) atoms. The first-order valence-electron chi connectivity index (χ1n) is 8.85. The monoisotopic (exact) mass is 385 g/mol. The van der Waals surface area contributed by atoms with Crippen LogP contribution in [-0.2, 0) is 11.3 Å². The summed E-state index contributed by atoms with van der Waals surface area (Å²) in [4.78, 5) is 12.5. The zero-order chi connectivity index (χ0) is 20.1. The number of methoxy groups -OCH3 is 1. The van der Waals surface area contributed by atoms with Crippen molar-refractivity contribution in [3.05, 3.63) is 71.8 Å². The summed E-state index contributed by atoms with van der Waals surface area (Å²) >= 11 is 0. The number of rotatable bonds is 7. The van der Waals surface area contributed by atoms with E-state index in [9.17, 15) is 13.6 Å². The van der Waals surface area contributed by atoms with Crippen LogP contribution in [0.25, 0.3) is 10.8 Å². The van der Waals surface area contributed by atoms with Gasteiger partial charge in [-0.2, -0.15) is 8.78 Å². The Bertz CT molecular complexity index is 958. The molecule has 0 aliphatic heterocycles. The molecule has 1 amide bonds. The van der Waals surface area contributed by atoms with Gasteiger partial charge in [-0.15, -0.1) is 0 Å². The van der Waals surface area contributed by atoms with Crippen molar-refractivity contribution < 1.29 is 23.0 Å². The Morgan fingerprint density at radius 1 is 0.964 bits per heavy atom. The molecule has 0 saturated heterocycles. The lowest BCUT2D eigenvalue weighted by Crippen LogP contribution is -2.27. The van der Waals surface area contributed by atoms with E-state index >= 15 is 0 Å². The van der Waals surface area contributed by atoms with Gasteiger partial charge in [0.25, 0.3) is 0 Å². The highest BCUT2D eigenvalue weighted by Crippen LogP contribution is 2.25. The Kier molecular flexibility index (Phi) is 6.09. The Morgan fingerprint density at radius 2 is 1.61 bits per heavy atom. The van der Waals surface area contributed by atoms with Gasteiger partial charge in [0.15, 0.2) is 0 Å². The average Bonchev–Trinajstić information content (AvgIpc) is 2.71. The predicted molar refractivity (Wildman–Crippen MR) is 104 cm³/mol. The van der Waals surface area contributed by atoms with Crippen molar-refractivity contribution in [2.75, 3.05) is 7.11 Å². The second-order valence-corrected chi connectivity index (χ2v) is 6.43. The number of benzene rings is 3. The van der Waals surface area contributed by atoms with Gasteiger partial charge in [-0.25, -0.2) is 0 Å². The first kappa shape index (κ1) is 19.6. The van der Waals surface area contributed by atoms with Crippen LogP contribution in [0.3, 0.4) is 0 Å². The van der Waals surface area contributed by atoms with E-state index in [-0.39, 0.29) is 17.6 Å². The summed E-state index contributed by atoms with van der Waals surface area (Å²) in [5.74, 6) is 0.441. The summed E-state index contributed by atoms with van der Waals surface area (Å²) in [6, 6.07) is 17.9. The van der Waals surface area contributed by atoms with Crippen LogP contribution in [-0.4, -0.2) is 19.6 Å². The van der Waals surface area contributed by atoms with Gasteiger partial charge in [0.2, 0.25) is 5.91 Å². The van der Waals surface area contributed by atoms with Crippen LogP contribution in [0.2, 0.25) is 0 Å². The number of hydrogen-bond acceptors (Lipinski definition) is 3. The number of ether oxygens (including phenoxy) is 2. The van der Waals surface area contributed by atoms with Gasteiger partial charge in [0.05, 0.1) is 13.0 Å². The molecule has 0 unspecified atom stereocenters. The first-order valence-corrected chi connectivity index (χ1v) is 8.85. The molecule has 0 radical (unpaired) electrons. The molecule has 0 heterocycles. The number of nitrogens with one attached hydrogen (secondary N) is 1. The van der Waals surface area contributed by atoms with Gasteiger partial charge >= 0.3 is 6.61 Å². The fourth-order valence-corrected chi connectivity index (χ4v) is 2.92. The van der Waals surface area contributed by atoms with Crippen molar-refractivity contribution in [1.82, 2.24) is 5.32 Å². The fraction of sp³-hybridized carbons (Fsp3) is 0.227. The maximum absolute atomic E-state index is 12.5. The zero-order valence-electron chi connectivity index (χ0n) is 15.6. The van der Waals surface area contributed by atoms with E-state index in [1.807, 2.05) is 43.3 Å². The molecule has 0 spiro atoms. The third-order valence-electron chi connectivity index (χ3n) is 4.58. The molecule has 1 atom stereocenters. The summed E-state index contributed by atoms with van der Waals surface area (Å²) in [5, 5.41) is 4.95. The lowest BCUT2D eigenvalue weighted by molar-refractivity contribution is -0.122. The largest absolute Gasteiger partial charge is 0.497 e. The van der Waals surface area contributed by atoms with Gasteiger partial charge in [-0.3, -0.25) is 4.79 Å². The van der Waals surface area contributed by atoms with Crippen LogP contribution in [0.15, 0.2) is 60.7 Å². The van der Waals surface area contributed by atoms with Crippen molar-refractivity contribution >= 4 is 16.7 Å². The van der Waals surface area contributed by atoms with E-state index in [2.05, 4.69) is 10.1 Å². The zero-order valence-corrected chi connectivity index (χ0v) is 15.6. The number of hydrogen-bond donors (Lipinski definition) is 1. The number of carbonyl (C=O) groups excluding carboxylic acids is 1. The molecule has 0 bridgehead atoms. The van der Waals surface area contributed by atoms with Crippen molar-refractivity contribution in [2.45, 2.75) is 26.0 Å². The first-order chi connectivity index (χ1) is 13.5. The highest BCUT2D eigenvalue weighted by Gasteiger charge is 2.15. The van der Waals surface area contributed by atoms with Gasteiger partial charge in [-0.1, -0.05) is 36.4 Å². The molecule has 1 N–H and O–H groups in total. The Labute approximate surface area is 162 Å². The minimum Gasteiger partial charge on any atom is -0.497 e. The van der Waals surface area contributed by atoms with Crippen LogP contribution in [0.5, 0.6) is 11.5 Å². The summed E-state index contributed by atoms with van der Waals surface area (Å²) in [6.07, 6.45) is 0. The molecular formula is C22H21F2NO3. The minimum absolute atomic E-state index is 0.0891. The number of halogens is 2. The van der Waals surface area contributed by atoms with Crippen molar-refractivity contribution in [3.63, 3.8) is 0 Å². The van der Waals surface area contributed by atoms with Gasteiger partial charge < -0.3 is 14.8 Å². The molecule has 6 heteroatoms. The SMILES string of the molecule is COc1ccc2cc([C@@H](C)C(=O)NCc3ccc(OC(F)F)cc3)ccc2c1. The topological polar surface area (TPSA) is 47.6 Å². The molecule has 0 saturated carbocycles. The molecule has 0 aromatic heterocycles. The minimum atomic E-state index is -2.85. The van der Waals surface area contributed by atoms with E-state index in [0.29, 0.717) is 6.54 Å². The highest BCUT2D eigenvalue weighted by atomic mass is 19.3. The Morgan fingerprint density at radius 3 is 2.29 bits per heavy atom. The molecule has 3 aromatic carbocycles. The van der Waals surface area contributed by atoms with Crippen LogP contribution >= 0.6 is 0 Å². The van der Waals surface area contributed by atoms with E-state index in [0.717, 1.165) is 27.6 Å². The molecule has 4 nitrogen and oxygen atoms in total. The normalized spacial score (nSPS) is 12.0. The highest BCUT2D eigenvalue weighted by molar-refractivity contribution is 5.88.